The molecule has 2 nitrogen and oxygen atoms in total. The van der Waals surface area contributed by atoms with E-state index in [4.69, 9.17) is 5.73 Å². The number of likely N-dealkylation sites (N-methyl/N-ethyl adjacent to an activating group) is 1. The quantitative estimate of drug-likeness (QED) is 0.884. The van der Waals surface area contributed by atoms with Gasteiger partial charge >= 0.3 is 0 Å². The van der Waals surface area contributed by atoms with Crippen molar-refractivity contribution in [2.45, 2.75) is 51.1 Å². The van der Waals surface area contributed by atoms with E-state index in [0.29, 0.717) is 0 Å². The third-order valence-corrected chi connectivity index (χ3v) is 4.50. The largest absolute Gasteiger partial charge is 0.329 e. The second-order valence-corrected chi connectivity index (χ2v) is 5.63. The fraction of sp³-hybridized carbons (Fsp3) is 0.625. The molecule has 0 atom stereocenters. The molecule has 1 aromatic carbocycles. The highest BCUT2D eigenvalue weighted by Gasteiger charge is 2.35. The molecule has 1 aliphatic carbocycles. The number of nitrogens with zero attached hydrogens (tertiary/aromatic N) is 1. The van der Waals surface area contributed by atoms with Crippen LogP contribution in [0.3, 0.4) is 0 Å². The fourth-order valence-electron chi connectivity index (χ4n) is 3.28. The Bertz CT molecular complexity index is 382. The highest BCUT2D eigenvalue weighted by Crippen LogP contribution is 2.33. The Labute approximate surface area is 115 Å². The monoisotopic (exact) mass is 264 g/mol. The van der Waals surface area contributed by atoms with E-state index in [-0.39, 0.29) is 11.4 Å². The van der Waals surface area contributed by atoms with Crippen LogP contribution < -0.4 is 5.73 Å². The van der Waals surface area contributed by atoms with Gasteiger partial charge in [0.1, 0.15) is 5.82 Å². The van der Waals surface area contributed by atoms with Crippen LogP contribution in [0.1, 0.15) is 44.6 Å². The van der Waals surface area contributed by atoms with Crippen molar-refractivity contribution in [3.05, 3.63) is 35.6 Å². The Kier molecular flexibility index (Phi) is 4.94. The van der Waals surface area contributed by atoms with Gasteiger partial charge in [-0.1, -0.05) is 38.3 Å². The molecule has 1 fully saturated rings. The summed E-state index contributed by atoms with van der Waals surface area (Å²) in [6.45, 7) is 4.78. The van der Waals surface area contributed by atoms with Crippen molar-refractivity contribution in [2.75, 3.05) is 13.1 Å². The number of benzene rings is 1. The second-order valence-electron chi connectivity index (χ2n) is 5.63. The minimum absolute atomic E-state index is 0.154. The minimum atomic E-state index is -0.169. The SMILES string of the molecule is CCN(Cc1ccc(F)cc1)C1(CN)CCCCC1. The van der Waals surface area contributed by atoms with Crippen molar-refractivity contribution in [3.63, 3.8) is 0 Å². The Hall–Kier alpha value is -0.930. The molecule has 0 heterocycles. The van der Waals surface area contributed by atoms with Gasteiger partial charge < -0.3 is 5.73 Å². The first-order valence-electron chi connectivity index (χ1n) is 7.40. The van der Waals surface area contributed by atoms with Crippen LogP contribution in [-0.2, 0) is 6.54 Å². The molecule has 106 valence electrons. The molecule has 2 rings (SSSR count). The maximum absolute atomic E-state index is 13.0. The summed E-state index contributed by atoms with van der Waals surface area (Å²) in [5.74, 6) is -0.169. The Morgan fingerprint density at radius 2 is 1.79 bits per heavy atom. The molecular weight excluding hydrogens is 239 g/mol. The summed E-state index contributed by atoms with van der Waals surface area (Å²) in [6, 6.07) is 6.84. The van der Waals surface area contributed by atoms with Crippen LogP contribution in [0.15, 0.2) is 24.3 Å². The molecule has 0 radical (unpaired) electrons. The predicted molar refractivity (Wildman–Crippen MR) is 77.4 cm³/mol. The van der Waals surface area contributed by atoms with Crippen LogP contribution in [0, 0.1) is 5.82 Å². The molecule has 0 saturated heterocycles. The van der Waals surface area contributed by atoms with E-state index >= 15 is 0 Å². The molecule has 0 amide bonds. The molecule has 0 unspecified atom stereocenters. The molecule has 0 aromatic heterocycles. The van der Waals surface area contributed by atoms with Gasteiger partial charge in [-0.2, -0.15) is 0 Å². The first-order valence-corrected chi connectivity index (χ1v) is 7.40. The highest BCUT2D eigenvalue weighted by molar-refractivity contribution is 5.16. The summed E-state index contributed by atoms with van der Waals surface area (Å²) in [4.78, 5) is 2.49. The van der Waals surface area contributed by atoms with Gasteiger partial charge in [0, 0.05) is 18.6 Å². The van der Waals surface area contributed by atoms with Crippen LogP contribution >= 0.6 is 0 Å². The van der Waals surface area contributed by atoms with Crippen LogP contribution in [0.2, 0.25) is 0 Å². The van der Waals surface area contributed by atoms with Crippen molar-refractivity contribution in [1.82, 2.24) is 4.90 Å². The molecule has 19 heavy (non-hydrogen) atoms. The topological polar surface area (TPSA) is 29.3 Å². The second kappa shape index (κ2) is 6.49. The summed E-state index contributed by atoms with van der Waals surface area (Å²) in [7, 11) is 0. The average molecular weight is 264 g/mol. The van der Waals surface area contributed by atoms with Crippen LogP contribution in [0.4, 0.5) is 4.39 Å². The Morgan fingerprint density at radius 3 is 2.32 bits per heavy atom. The molecule has 1 aromatic rings. The van der Waals surface area contributed by atoms with Crippen molar-refractivity contribution >= 4 is 0 Å². The molecule has 1 aliphatic rings. The molecule has 1 saturated carbocycles. The zero-order valence-electron chi connectivity index (χ0n) is 11.9. The number of hydrogen-bond acceptors (Lipinski definition) is 2. The highest BCUT2D eigenvalue weighted by atomic mass is 19.1. The first kappa shape index (κ1) is 14.5. The van der Waals surface area contributed by atoms with Gasteiger partial charge in [0.25, 0.3) is 0 Å². The van der Waals surface area contributed by atoms with Crippen molar-refractivity contribution < 1.29 is 4.39 Å². The Balaban J connectivity index is 2.11. The van der Waals surface area contributed by atoms with Gasteiger partial charge in [-0.3, -0.25) is 4.90 Å². The van der Waals surface area contributed by atoms with Gasteiger partial charge in [0.2, 0.25) is 0 Å². The van der Waals surface area contributed by atoms with E-state index in [1.807, 2.05) is 12.1 Å². The zero-order chi connectivity index (χ0) is 13.7. The van der Waals surface area contributed by atoms with Gasteiger partial charge in [-0.15, -0.1) is 0 Å². The summed E-state index contributed by atoms with van der Waals surface area (Å²) in [6.07, 6.45) is 6.27. The summed E-state index contributed by atoms with van der Waals surface area (Å²) >= 11 is 0. The lowest BCUT2D eigenvalue weighted by molar-refractivity contribution is 0.0546. The standard InChI is InChI=1S/C16H25FN2/c1-2-19(12-14-6-8-15(17)9-7-14)16(13-18)10-4-3-5-11-16/h6-9H,2-5,10-13,18H2,1H3. The number of nitrogens with two attached hydrogens (primary N) is 1. The van der Waals surface area contributed by atoms with Crippen LogP contribution in [-0.4, -0.2) is 23.5 Å². The van der Waals surface area contributed by atoms with Gasteiger partial charge in [0.05, 0.1) is 0 Å². The lowest BCUT2D eigenvalue weighted by Crippen LogP contribution is -2.54. The normalized spacial score (nSPS) is 18.7. The maximum Gasteiger partial charge on any atom is 0.123 e. The van der Waals surface area contributed by atoms with E-state index in [1.54, 1.807) is 12.1 Å². The fourth-order valence-corrected chi connectivity index (χ4v) is 3.28. The molecule has 2 N–H and O–H groups in total. The van der Waals surface area contributed by atoms with E-state index in [9.17, 15) is 4.39 Å². The molecule has 0 aliphatic heterocycles. The van der Waals surface area contributed by atoms with Crippen LogP contribution in [0.5, 0.6) is 0 Å². The van der Waals surface area contributed by atoms with E-state index < -0.39 is 0 Å². The molecule has 3 heteroatoms. The Morgan fingerprint density at radius 1 is 1.16 bits per heavy atom. The zero-order valence-corrected chi connectivity index (χ0v) is 11.9. The van der Waals surface area contributed by atoms with E-state index in [1.165, 1.54) is 37.7 Å². The van der Waals surface area contributed by atoms with E-state index in [2.05, 4.69) is 11.8 Å². The van der Waals surface area contributed by atoms with Gasteiger partial charge in [-0.05, 0) is 37.1 Å². The maximum atomic E-state index is 13.0. The smallest absolute Gasteiger partial charge is 0.123 e. The van der Waals surface area contributed by atoms with Gasteiger partial charge in [0.15, 0.2) is 0 Å². The number of rotatable bonds is 5. The molecular formula is C16H25FN2. The molecule has 0 spiro atoms. The lowest BCUT2D eigenvalue weighted by atomic mass is 9.80. The summed E-state index contributed by atoms with van der Waals surface area (Å²) in [5, 5.41) is 0. The minimum Gasteiger partial charge on any atom is -0.329 e. The van der Waals surface area contributed by atoms with Gasteiger partial charge in [-0.25, -0.2) is 4.39 Å². The first-order chi connectivity index (χ1) is 9.20. The number of halogens is 1. The van der Waals surface area contributed by atoms with Crippen molar-refractivity contribution in [2.24, 2.45) is 5.73 Å². The van der Waals surface area contributed by atoms with E-state index in [0.717, 1.165) is 19.6 Å². The lowest BCUT2D eigenvalue weighted by Gasteiger charge is -2.45. The summed E-state index contributed by atoms with van der Waals surface area (Å²) in [5.41, 5.74) is 7.41. The summed E-state index contributed by atoms with van der Waals surface area (Å²) < 4.78 is 13.0. The van der Waals surface area contributed by atoms with Crippen molar-refractivity contribution in [3.8, 4) is 0 Å². The third-order valence-electron chi connectivity index (χ3n) is 4.50. The van der Waals surface area contributed by atoms with Crippen LogP contribution in [0.25, 0.3) is 0 Å². The molecule has 0 bridgehead atoms. The third kappa shape index (κ3) is 3.34. The number of hydrogen-bond donors (Lipinski definition) is 1. The van der Waals surface area contributed by atoms with Crippen molar-refractivity contribution in [1.29, 1.82) is 0 Å². The predicted octanol–water partition coefficient (Wildman–Crippen LogP) is 3.31. The average Bonchev–Trinajstić information content (AvgIpc) is 2.47.